The monoisotopic (exact) mass is 220 g/mol. The van der Waals surface area contributed by atoms with E-state index in [1.54, 1.807) is 0 Å². The maximum Gasteiger partial charge on any atom is 0.294 e. The Hall–Kier alpha value is -1.21. The number of aliphatic hydroxyl groups is 1. The predicted octanol–water partition coefficient (Wildman–Crippen LogP) is -0.356. The van der Waals surface area contributed by atoms with Gasteiger partial charge in [-0.3, -0.25) is 4.79 Å². The quantitative estimate of drug-likeness (QED) is 0.311. The van der Waals surface area contributed by atoms with Gasteiger partial charge in [0.2, 0.25) is 0 Å². The third kappa shape index (κ3) is 7.83. The van der Waals surface area contributed by atoms with Crippen LogP contribution in [0.2, 0.25) is 0 Å². The highest BCUT2D eigenvalue weighted by Crippen LogP contribution is 2.02. The molecular weight excluding hydrogens is 204 g/mol. The minimum Gasteiger partial charge on any atom is -0.394 e. The molecule has 0 aromatic carbocycles. The van der Waals surface area contributed by atoms with E-state index >= 15 is 0 Å². The number of unbranched alkanes of at least 4 members (excludes halogenated alkanes) is 2. The van der Waals surface area contributed by atoms with Crippen molar-refractivity contribution in [2.45, 2.75) is 31.7 Å². The normalized spacial score (nSPS) is 12.1. The largest absolute Gasteiger partial charge is 0.394 e. The molecule has 0 aliphatic carbocycles. The van der Waals surface area contributed by atoms with E-state index in [0.717, 1.165) is 0 Å². The fourth-order valence-electron chi connectivity index (χ4n) is 1.00. The number of nitrogens with two attached hydrogens (primary N) is 1. The van der Waals surface area contributed by atoms with Gasteiger partial charge >= 0.3 is 0 Å². The molecule has 0 aromatic rings. The van der Waals surface area contributed by atoms with Crippen molar-refractivity contribution in [1.82, 2.24) is 0 Å². The Bertz CT molecular complexity index is 209. The van der Waals surface area contributed by atoms with Crippen molar-refractivity contribution in [3.05, 3.63) is 10.1 Å². The van der Waals surface area contributed by atoms with Gasteiger partial charge in [0.05, 0.1) is 19.3 Å². The molecule has 0 saturated heterocycles. The van der Waals surface area contributed by atoms with Crippen LogP contribution in [0.1, 0.15) is 25.7 Å². The molecule has 0 saturated carbocycles. The summed E-state index contributed by atoms with van der Waals surface area (Å²) in [6.07, 6.45) is 2.09. The zero-order valence-electron chi connectivity index (χ0n) is 8.42. The van der Waals surface area contributed by atoms with Crippen LogP contribution in [0.3, 0.4) is 0 Å². The van der Waals surface area contributed by atoms with E-state index in [2.05, 4.69) is 4.84 Å². The number of rotatable bonds is 9. The van der Waals surface area contributed by atoms with Crippen molar-refractivity contribution in [2.75, 3.05) is 13.2 Å². The first kappa shape index (κ1) is 13.8. The van der Waals surface area contributed by atoms with E-state index in [1.807, 2.05) is 0 Å². The molecule has 0 rings (SSSR count). The molecule has 0 heterocycles. The van der Waals surface area contributed by atoms with E-state index in [4.69, 9.17) is 10.8 Å². The van der Waals surface area contributed by atoms with Gasteiger partial charge in [0.15, 0.2) is 5.78 Å². The number of aliphatic hydroxyl groups excluding tert-OH is 1. The van der Waals surface area contributed by atoms with Crippen LogP contribution in [-0.2, 0) is 9.63 Å². The van der Waals surface area contributed by atoms with Crippen LogP contribution in [0.15, 0.2) is 0 Å². The standard InChI is InChI=1S/C8H16N2O5/c9-7(6-11)8(12)4-2-1-3-5-15-10(13)14/h7,11H,1-6,9H2. The zero-order valence-corrected chi connectivity index (χ0v) is 8.42. The van der Waals surface area contributed by atoms with Crippen LogP contribution in [-0.4, -0.2) is 35.2 Å². The molecule has 1 atom stereocenters. The number of carbonyl (C=O) groups excluding carboxylic acids is 1. The highest BCUT2D eigenvalue weighted by Gasteiger charge is 2.10. The maximum atomic E-state index is 11.1. The minimum atomic E-state index is -0.840. The van der Waals surface area contributed by atoms with Crippen LogP contribution in [0, 0.1) is 10.1 Å². The van der Waals surface area contributed by atoms with E-state index in [9.17, 15) is 14.9 Å². The first-order chi connectivity index (χ1) is 7.07. The second-order valence-corrected chi connectivity index (χ2v) is 3.12. The van der Waals surface area contributed by atoms with Crippen molar-refractivity contribution >= 4 is 5.78 Å². The third-order valence-corrected chi connectivity index (χ3v) is 1.87. The molecule has 0 bridgehead atoms. The van der Waals surface area contributed by atoms with Gasteiger partial charge in [-0.05, 0) is 12.8 Å². The van der Waals surface area contributed by atoms with Gasteiger partial charge < -0.3 is 15.7 Å². The lowest BCUT2D eigenvalue weighted by molar-refractivity contribution is -0.757. The van der Waals surface area contributed by atoms with Gasteiger partial charge in [-0.2, -0.15) is 0 Å². The predicted molar refractivity (Wildman–Crippen MR) is 51.5 cm³/mol. The first-order valence-electron chi connectivity index (χ1n) is 4.74. The van der Waals surface area contributed by atoms with E-state index in [0.29, 0.717) is 25.7 Å². The lowest BCUT2D eigenvalue weighted by atomic mass is 10.1. The third-order valence-electron chi connectivity index (χ3n) is 1.87. The maximum absolute atomic E-state index is 11.1. The van der Waals surface area contributed by atoms with Crippen molar-refractivity contribution in [2.24, 2.45) is 5.73 Å². The Kier molecular flexibility index (Phi) is 7.47. The molecule has 0 fully saturated rings. The average Bonchev–Trinajstić information content (AvgIpc) is 2.21. The zero-order chi connectivity index (χ0) is 11.7. The number of nitrogens with zero attached hydrogens (tertiary/aromatic N) is 1. The summed E-state index contributed by atoms with van der Waals surface area (Å²) in [6.45, 7) is -0.295. The van der Waals surface area contributed by atoms with Gasteiger partial charge in [-0.15, -0.1) is 10.1 Å². The molecule has 0 spiro atoms. The second-order valence-electron chi connectivity index (χ2n) is 3.12. The number of Topliss-reactive ketones (excluding diaryl/α,β-unsaturated/α-hetero) is 1. The molecule has 15 heavy (non-hydrogen) atoms. The molecule has 1 unspecified atom stereocenters. The van der Waals surface area contributed by atoms with Crippen LogP contribution in [0.25, 0.3) is 0 Å². The van der Waals surface area contributed by atoms with Gasteiger partial charge in [0.25, 0.3) is 5.09 Å². The summed E-state index contributed by atoms with van der Waals surface area (Å²) in [4.78, 5) is 24.9. The molecule has 88 valence electrons. The Morgan fingerprint density at radius 1 is 1.47 bits per heavy atom. The summed E-state index contributed by atoms with van der Waals surface area (Å²) >= 11 is 0. The Morgan fingerprint density at radius 2 is 2.13 bits per heavy atom. The van der Waals surface area contributed by atoms with E-state index in [-0.39, 0.29) is 19.0 Å². The van der Waals surface area contributed by atoms with E-state index in [1.165, 1.54) is 0 Å². The van der Waals surface area contributed by atoms with Crippen LogP contribution in [0.5, 0.6) is 0 Å². The molecule has 7 heteroatoms. The highest BCUT2D eigenvalue weighted by atomic mass is 16.9. The summed E-state index contributed by atoms with van der Waals surface area (Å²) in [7, 11) is 0. The minimum absolute atomic E-state index is 0.0489. The molecule has 0 aliphatic rings. The summed E-state index contributed by atoms with van der Waals surface area (Å²) < 4.78 is 0. The van der Waals surface area contributed by atoms with Gasteiger partial charge in [0, 0.05) is 6.42 Å². The number of ketones is 1. The Labute approximate surface area is 87.3 Å². The highest BCUT2D eigenvalue weighted by molar-refractivity contribution is 5.83. The fourth-order valence-corrected chi connectivity index (χ4v) is 1.00. The lowest BCUT2D eigenvalue weighted by Gasteiger charge is -2.06. The second kappa shape index (κ2) is 8.13. The van der Waals surface area contributed by atoms with E-state index < -0.39 is 11.1 Å². The van der Waals surface area contributed by atoms with Crippen molar-refractivity contribution in [1.29, 1.82) is 0 Å². The Balaban J connectivity index is 3.31. The SMILES string of the molecule is NC(CO)C(=O)CCCCCO[N+](=O)[O-]. The molecule has 0 amide bonds. The first-order valence-corrected chi connectivity index (χ1v) is 4.74. The molecule has 7 nitrogen and oxygen atoms in total. The van der Waals surface area contributed by atoms with Crippen molar-refractivity contribution in [3.63, 3.8) is 0 Å². The number of hydrogen-bond acceptors (Lipinski definition) is 6. The van der Waals surface area contributed by atoms with Crippen LogP contribution < -0.4 is 5.73 Å². The van der Waals surface area contributed by atoms with Crippen LogP contribution >= 0.6 is 0 Å². The number of hydrogen-bond donors (Lipinski definition) is 2. The average molecular weight is 220 g/mol. The molecular formula is C8H16N2O5. The van der Waals surface area contributed by atoms with Crippen molar-refractivity contribution < 1.29 is 19.8 Å². The molecule has 0 radical (unpaired) electrons. The topological polar surface area (TPSA) is 116 Å². The summed E-state index contributed by atoms with van der Waals surface area (Å²) in [5.41, 5.74) is 5.28. The fraction of sp³-hybridized carbons (Fsp3) is 0.875. The summed E-state index contributed by atoms with van der Waals surface area (Å²) in [5, 5.41) is 17.5. The van der Waals surface area contributed by atoms with Gasteiger partial charge in [-0.1, -0.05) is 6.42 Å². The van der Waals surface area contributed by atoms with Crippen LogP contribution in [0.4, 0.5) is 0 Å². The van der Waals surface area contributed by atoms with Gasteiger partial charge in [0.1, 0.15) is 0 Å². The molecule has 3 N–H and O–H groups in total. The van der Waals surface area contributed by atoms with Gasteiger partial charge in [-0.25, -0.2) is 0 Å². The summed E-state index contributed by atoms with van der Waals surface area (Å²) in [5.74, 6) is -0.187. The number of carbonyl (C=O) groups is 1. The summed E-state index contributed by atoms with van der Waals surface area (Å²) in [6, 6.07) is -0.806. The van der Waals surface area contributed by atoms with Crippen molar-refractivity contribution in [3.8, 4) is 0 Å². The lowest BCUT2D eigenvalue weighted by Crippen LogP contribution is -2.33. The molecule has 0 aromatic heterocycles. The smallest absolute Gasteiger partial charge is 0.294 e. The Morgan fingerprint density at radius 3 is 2.67 bits per heavy atom. The molecule has 0 aliphatic heterocycles.